The molecular formula is C20H21ClFN3O4S. The highest BCUT2D eigenvalue weighted by Crippen LogP contribution is 2.38. The van der Waals surface area contributed by atoms with E-state index in [4.69, 9.17) is 21.3 Å². The molecule has 0 amide bonds. The fraction of sp³-hybridized carbons (Fsp3) is 0.300. The van der Waals surface area contributed by atoms with E-state index in [0.29, 0.717) is 28.8 Å². The van der Waals surface area contributed by atoms with Crippen LogP contribution < -0.4 is 13.9 Å². The summed E-state index contributed by atoms with van der Waals surface area (Å²) in [6.45, 7) is 1.82. The van der Waals surface area contributed by atoms with E-state index < -0.39 is 15.7 Å². The summed E-state index contributed by atoms with van der Waals surface area (Å²) in [4.78, 5) is 8.43. The number of ether oxygens (including phenoxy) is 2. The molecule has 0 saturated heterocycles. The van der Waals surface area contributed by atoms with Crippen molar-refractivity contribution in [2.75, 3.05) is 29.6 Å². The fourth-order valence-corrected chi connectivity index (χ4v) is 3.93. The predicted molar refractivity (Wildman–Crippen MR) is 115 cm³/mol. The van der Waals surface area contributed by atoms with Crippen molar-refractivity contribution in [2.45, 2.75) is 13.3 Å². The zero-order valence-electron chi connectivity index (χ0n) is 16.5. The lowest BCUT2D eigenvalue weighted by Crippen LogP contribution is -2.12. The maximum absolute atomic E-state index is 14.2. The lowest BCUT2D eigenvalue weighted by atomic mass is 10.2. The number of fused-ring (bicyclic) bond motifs is 1. The molecule has 0 radical (unpaired) electrons. The van der Waals surface area contributed by atoms with Crippen LogP contribution in [-0.4, -0.2) is 43.6 Å². The molecule has 1 heterocycles. The molecule has 0 fully saturated rings. The van der Waals surface area contributed by atoms with Crippen LogP contribution in [0.5, 0.6) is 11.5 Å². The van der Waals surface area contributed by atoms with Crippen molar-refractivity contribution < 1.29 is 22.3 Å². The number of nitrogens with zero attached hydrogens (tertiary/aromatic N) is 3. The van der Waals surface area contributed by atoms with Gasteiger partial charge >= 0.3 is 0 Å². The van der Waals surface area contributed by atoms with Gasteiger partial charge in [0.1, 0.15) is 22.0 Å². The molecule has 0 atom stereocenters. The molecule has 3 rings (SSSR count). The first-order valence-corrected chi connectivity index (χ1v) is 11.4. The average molecular weight is 454 g/mol. The van der Waals surface area contributed by atoms with Crippen molar-refractivity contribution >= 4 is 44.0 Å². The molecule has 0 unspecified atom stereocenters. The Morgan fingerprint density at radius 1 is 1.17 bits per heavy atom. The Balaban J connectivity index is 1.90. The highest BCUT2D eigenvalue weighted by Gasteiger charge is 2.18. The van der Waals surface area contributed by atoms with E-state index in [1.165, 1.54) is 25.6 Å². The van der Waals surface area contributed by atoms with Gasteiger partial charge < -0.3 is 9.47 Å². The summed E-state index contributed by atoms with van der Waals surface area (Å²) in [5, 5.41) is 0.536. The van der Waals surface area contributed by atoms with Gasteiger partial charge in [-0.25, -0.2) is 27.2 Å². The first-order chi connectivity index (χ1) is 14.4. The van der Waals surface area contributed by atoms with Crippen LogP contribution in [-0.2, 0) is 9.84 Å². The van der Waals surface area contributed by atoms with E-state index in [9.17, 15) is 12.8 Å². The van der Waals surface area contributed by atoms with Crippen LogP contribution in [0.2, 0.25) is 0 Å². The highest BCUT2D eigenvalue weighted by molar-refractivity contribution is 7.91. The number of aromatic nitrogens is 2. The molecule has 0 N–H and O–H groups in total. The van der Waals surface area contributed by atoms with Crippen molar-refractivity contribution in [3.05, 3.63) is 48.5 Å². The summed E-state index contributed by atoms with van der Waals surface area (Å²) in [6.07, 6.45) is 1.67. The van der Waals surface area contributed by atoms with Gasteiger partial charge in [0.15, 0.2) is 17.3 Å². The van der Waals surface area contributed by atoms with Crippen LogP contribution >= 0.6 is 11.8 Å². The Kier molecular flexibility index (Phi) is 6.94. The third kappa shape index (κ3) is 4.91. The number of para-hydroxylation sites is 1. The van der Waals surface area contributed by atoms with E-state index in [-0.39, 0.29) is 29.6 Å². The van der Waals surface area contributed by atoms with Crippen LogP contribution in [0.1, 0.15) is 13.3 Å². The number of sulfone groups is 1. The standard InChI is InChI=1S/C20H21ClFN3O4S/c1-3-30(26,27)10-6-9-29-19-12-16-14(11-18(19)28-2)20(24-13-23-16)25(21)17-8-5-4-7-15(17)22/h4-5,7-8,11-13H,3,6,9-10H2,1-2H3. The van der Waals surface area contributed by atoms with Crippen molar-refractivity contribution in [3.8, 4) is 11.5 Å². The van der Waals surface area contributed by atoms with Gasteiger partial charge in [-0.15, -0.1) is 0 Å². The quantitative estimate of drug-likeness (QED) is 0.353. The topological polar surface area (TPSA) is 81.6 Å². The molecule has 160 valence electrons. The SMILES string of the molecule is CCS(=O)(=O)CCCOc1cc2ncnc(N(Cl)c3ccccc3F)c2cc1OC. The number of anilines is 2. The summed E-state index contributed by atoms with van der Waals surface area (Å²) in [7, 11) is -1.57. The second-order valence-electron chi connectivity index (χ2n) is 6.39. The molecule has 0 aliphatic rings. The zero-order valence-corrected chi connectivity index (χ0v) is 18.1. The van der Waals surface area contributed by atoms with E-state index >= 15 is 0 Å². The van der Waals surface area contributed by atoms with Crippen molar-refractivity contribution in [1.29, 1.82) is 0 Å². The van der Waals surface area contributed by atoms with Gasteiger partial charge in [-0.2, -0.15) is 0 Å². The third-order valence-electron chi connectivity index (χ3n) is 4.45. The second kappa shape index (κ2) is 9.44. The van der Waals surface area contributed by atoms with E-state index in [1.54, 1.807) is 31.2 Å². The highest BCUT2D eigenvalue weighted by atomic mass is 35.5. The predicted octanol–water partition coefficient (Wildman–Crippen LogP) is 4.27. The van der Waals surface area contributed by atoms with Gasteiger partial charge in [-0.05, 0) is 24.6 Å². The van der Waals surface area contributed by atoms with Crippen molar-refractivity contribution in [1.82, 2.24) is 9.97 Å². The van der Waals surface area contributed by atoms with Crippen LogP contribution in [0.3, 0.4) is 0 Å². The summed E-state index contributed by atoms with van der Waals surface area (Å²) in [5.74, 6) is 0.753. The van der Waals surface area contributed by atoms with Gasteiger partial charge in [0.2, 0.25) is 0 Å². The molecule has 10 heteroatoms. The lowest BCUT2D eigenvalue weighted by molar-refractivity contribution is 0.295. The van der Waals surface area contributed by atoms with Gasteiger partial charge in [0, 0.05) is 29.0 Å². The Bertz CT molecular complexity index is 1140. The Morgan fingerprint density at radius 3 is 2.63 bits per heavy atom. The molecule has 1 aromatic heterocycles. The zero-order chi connectivity index (χ0) is 21.7. The Hall–Kier alpha value is -2.65. The largest absolute Gasteiger partial charge is 0.493 e. The number of hydrogen-bond donors (Lipinski definition) is 0. The summed E-state index contributed by atoms with van der Waals surface area (Å²) >= 11 is 6.38. The van der Waals surface area contributed by atoms with Gasteiger partial charge in [-0.1, -0.05) is 19.1 Å². The molecule has 3 aromatic rings. The minimum absolute atomic E-state index is 0.0512. The fourth-order valence-electron chi connectivity index (χ4n) is 2.81. The Labute approximate surface area is 179 Å². The van der Waals surface area contributed by atoms with Gasteiger partial charge in [-0.3, -0.25) is 0 Å². The van der Waals surface area contributed by atoms with Crippen molar-refractivity contribution in [2.24, 2.45) is 0 Å². The van der Waals surface area contributed by atoms with Crippen LogP contribution in [0.4, 0.5) is 15.9 Å². The monoisotopic (exact) mass is 453 g/mol. The first kappa shape index (κ1) is 22.0. The Morgan fingerprint density at radius 2 is 1.93 bits per heavy atom. The minimum Gasteiger partial charge on any atom is -0.493 e. The first-order valence-electron chi connectivity index (χ1n) is 9.22. The van der Waals surface area contributed by atoms with E-state index in [0.717, 1.165) is 4.42 Å². The summed E-state index contributed by atoms with van der Waals surface area (Å²) in [6, 6.07) is 9.38. The normalized spacial score (nSPS) is 11.5. The lowest BCUT2D eigenvalue weighted by Gasteiger charge is -2.18. The molecule has 0 aliphatic carbocycles. The number of benzene rings is 2. The molecule has 30 heavy (non-hydrogen) atoms. The summed E-state index contributed by atoms with van der Waals surface area (Å²) < 4.78 is 49.6. The number of rotatable bonds is 9. The van der Waals surface area contributed by atoms with E-state index in [2.05, 4.69) is 9.97 Å². The maximum atomic E-state index is 14.2. The minimum atomic E-state index is -3.05. The number of halogens is 2. The second-order valence-corrected chi connectivity index (χ2v) is 9.20. The molecule has 0 spiro atoms. The molecule has 2 aromatic carbocycles. The smallest absolute Gasteiger partial charge is 0.163 e. The third-order valence-corrected chi connectivity index (χ3v) is 6.58. The molecular weight excluding hydrogens is 433 g/mol. The molecule has 0 aliphatic heterocycles. The molecule has 7 nitrogen and oxygen atoms in total. The average Bonchev–Trinajstić information content (AvgIpc) is 2.75. The number of methoxy groups -OCH3 is 1. The van der Waals surface area contributed by atoms with Gasteiger partial charge in [0.25, 0.3) is 0 Å². The van der Waals surface area contributed by atoms with E-state index in [1.807, 2.05) is 0 Å². The van der Waals surface area contributed by atoms with Crippen LogP contribution in [0.25, 0.3) is 10.9 Å². The maximum Gasteiger partial charge on any atom is 0.163 e. The van der Waals surface area contributed by atoms with Crippen LogP contribution in [0.15, 0.2) is 42.7 Å². The van der Waals surface area contributed by atoms with Gasteiger partial charge in [0.05, 0.1) is 30.7 Å². The summed E-state index contributed by atoms with van der Waals surface area (Å²) in [5.41, 5.74) is 0.662. The van der Waals surface area contributed by atoms with Crippen LogP contribution in [0, 0.1) is 5.82 Å². The van der Waals surface area contributed by atoms with Crippen molar-refractivity contribution in [3.63, 3.8) is 0 Å². The molecule has 0 bridgehead atoms. The molecule has 0 saturated carbocycles. The number of hydrogen-bond acceptors (Lipinski definition) is 7.